The van der Waals surface area contributed by atoms with Crippen LogP contribution in [0.25, 0.3) is 5.69 Å². The summed E-state index contributed by atoms with van der Waals surface area (Å²) in [7, 11) is 0. The lowest BCUT2D eigenvalue weighted by Gasteiger charge is -2.08. The molecule has 1 aromatic heterocycles. The summed E-state index contributed by atoms with van der Waals surface area (Å²) in [5, 5.41) is 11.4. The van der Waals surface area contributed by atoms with E-state index in [2.05, 4.69) is 15.5 Å². The standard InChI is InChI=1S/C13H17N5O2/c1-3-8-20-13(19)10-4-6-11(7-5-10)18-12(9(2)14)15-16-17-18/h4-7,9H,3,8,14H2,1-2H3. The van der Waals surface area contributed by atoms with Crippen LogP contribution >= 0.6 is 0 Å². The van der Waals surface area contributed by atoms with Crippen LogP contribution in [0.3, 0.4) is 0 Å². The van der Waals surface area contributed by atoms with Gasteiger partial charge in [0.05, 0.1) is 23.9 Å². The fourth-order valence-electron chi connectivity index (χ4n) is 1.68. The average molecular weight is 275 g/mol. The molecule has 1 aromatic carbocycles. The third kappa shape index (κ3) is 3.00. The van der Waals surface area contributed by atoms with E-state index in [0.717, 1.165) is 12.1 Å². The Morgan fingerprint density at radius 2 is 2.10 bits per heavy atom. The second-order valence-corrected chi connectivity index (χ2v) is 4.42. The Hall–Kier alpha value is -2.28. The number of tetrazole rings is 1. The number of esters is 1. The zero-order valence-corrected chi connectivity index (χ0v) is 11.5. The number of aromatic nitrogens is 4. The first-order valence-corrected chi connectivity index (χ1v) is 6.45. The first-order chi connectivity index (χ1) is 9.63. The first-order valence-electron chi connectivity index (χ1n) is 6.45. The molecule has 106 valence electrons. The van der Waals surface area contributed by atoms with Crippen LogP contribution in [0.15, 0.2) is 24.3 Å². The van der Waals surface area contributed by atoms with Crippen LogP contribution in [0.5, 0.6) is 0 Å². The predicted octanol–water partition coefficient (Wildman–Crippen LogP) is 1.25. The number of hydrogen-bond donors (Lipinski definition) is 1. The Morgan fingerprint density at radius 1 is 1.40 bits per heavy atom. The molecule has 7 nitrogen and oxygen atoms in total. The van der Waals surface area contributed by atoms with Crippen LogP contribution in [0.4, 0.5) is 0 Å². The number of hydrogen-bond acceptors (Lipinski definition) is 6. The number of carbonyl (C=O) groups excluding carboxylic acids is 1. The number of benzene rings is 1. The molecule has 0 saturated heterocycles. The molecule has 0 spiro atoms. The Labute approximate surface area is 116 Å². The van der Waals surface area contributed by atoms with E-state index in [4.69, 9.17) is 10.5 Å². The van der Waals surface area contributed by atoms with Gasteiger partial charge in [0.25, 0.3) is 0 Å². The van der Waals surface area contributed by atoms with Gasteiger partial charge in [-0.15, -0.1) is 5.10 Å². The van der Waals surface area contributed by atoms with Crippen molar-refractivity contribution in [3.8, 4) is 5.69 Å². The van der Waals surface area contributed by atoms with Gasteiger partial charge >= 0.3 is 5.97 Å². The van der Waals surface area contributed by atoms with Crippen LogP contribution in [0, 0.1) is 0 Å². The molecule has 2 rings (SSSR count). The van der Waals surface area contributed by atoms with Crippen molar-refractivity contribution in [2.75, 3.05) is 6.61 Å². The maximum Gasteiger partial charge on any atom is 0.338 e. The number of nitrogens with zero attached hydrogens (tertiary/aromatic N) is 4. The van der Waals surface area contributed by atoms with Gasteiger partial charge < -0.3 is 10.5 Å². The minimum Gasteiger partial charge on any atom is -0.462 e. The fourth-order valence-corrected chi connectivity index (χ4v) is 1.68. The lowest BCUT2D eigenvalue weighted by Crippen LogP contribution is -2.13. The zero-order chi connectivity index (χ0) is 14.5. The highest BCUT2D eigenvalue weighted by atomic mass is 16.5. The SMILES string of the molecule is CCCOC(=O)c1ccc(-n2nnnc2C(C)N)cc1. The van der Waals surface area contributed by atoms with Crippen LogP contribution in [-0.4, -0.2) is 32.8 Å². The third-order valence-corrected chi connectivity index (χ3v) is 2.69. The molecule has 7 heteroatoms. The van der Waals surface area contributed by atoms with Crippen molar-refractivity contribution < 1.29 is 9.53 Å². The summed E-state index contributed by atoms with van der Waals surface area (Å²) in [6.07, 6.45) is 0.798. The molecule has 0 aliphatic carbocycles. The maximum atomic E-state index is 11.7. The second-order valence-electron chi connectivity index (χ2n) is 4.42. The van der Waals surface area contributed by atoms with E-state index >= 15 is 0 Å². The molecular formula is C13H17N5O2. The summed E-state index contributed by atoms with van der Waals surface area (Å²) < 4.78 is 6.61. The predicted molar refractivity (Wildman–Crippen MR) is 72.3 cm³/mol. The van der Waals surface area contributed by atoms with Crippen molar-refractivity contribution in [2.24, 2.45) is 5.73 Å². The largest absolute Gasteiger partial charge is 0.462 e. The molecule has 0 radical (unpaired) electrons. The van der Waals surface area contributed by atoms with Crippen LogP contribution in [0.2, 0.25) is 0 Å². The zero-order valence-electron chi connectivity index (χ0n) is 11.5. The Morgan fingerprint density at radius 3 is 2.70 bits per heavy atom. The average Bonchev–Trinajstić information content (AvgIpc) is 2.94. The molecule has 20 heavy (non-hydrogen) atoms. The molecule has 0 fully saturated rings. The van der Waals surface area contributed by atoms with Crippen molar-refractivity contribution in [1.29, 1.82) is 0 Å². The van der Waals surface area contributed by atoms with Crippen LogP contribution in [0.1, 0.15) is 42.5 Å². The molecule has 0 saturated carbocycles. The monoisotopic (exact) mass is 275 g/mol. The third-order valence-electron chi connectivity index (χ3n) is 2.69. The second kappa shape index (κ2) is 6.25. The molecule has 2 aromatic rings. The highest BCUT2D eigenvalue weighted by Gasteiger charge is 2.13. The minimum atomic E-state index is -0.331. The van der Waals surface area contributed by atoms with Crippen molar-refractivity contribution in [3.05, 3.63) is 35.7 Å². The quantitative estimate of drug-likeness (QED) is 0.825. The van der Waals surface area contributed by atoms with Crippen molar-refractivity contribution >= 4 is 5.97 Å². The summed E-state index contributed by atoms with van der Waals surface area (Å²) in [6.45, 7) is 4.17. The van der Waals surface area contributed by atoms with E-state index in [9.17, 15) is 4.79 Å². The molecular weight excluding hydrogens is 258 g/mol. The molecule has 1 unspecified atom stereocenters. The van der Waals surface area contributed by atoms with Gasteiger partial charge in [-0.05, 0) is 48.0 Å². The highest BCUT2D eigenvalue weighted by molar-refractivity contribution is 5.89. The summed E-state index contributed by atoms with van der Waals surface area (Å²) in [5.41, 5.74) is 7.03. The fraction of sp³-hybridized carbons (Fsp3) is 0.385. The molecule has 0 amide bonds. The van der Waals surface area contributed by atoms with Gasteiger partial charge in [0.1, 0.15) is 0 Å². The number of nitrogens with two attached hydrogens (primary N) is 1. The molecule has 1 heterocycles. The smallest absolute Gasteiger partial charge is 0.338 e. The molecule has 2 N–H and O–H groups in total. The Balaban J connectivity index is 2.20. The van der Waals surface area contributed by atoms with E-state index in [1.807, 2.05) is 6.92 Å². The topological polar surface area (TPSA) is 95.9 Å². The summed E-state index contributed by atoms with van der Waals surface area (Å²) in [6, 6.07) is 6.59. The Bertz CT molecular complexity index is 577. The van der Waals surface area contributed by atoms with Crippen molar-refractivity contribution in [2.45, 2.75) is 26.3 Å². The molecule has 1 atom stereocenters. The number of ether oxygens (including phenoxy) is 1. The first kappa shape index (κ1) is 14.1. The highest BCUT2D eigenvalue weighted by Crippen LogP contribution is 2.13. The van der Waals surface area contributed by atoms with E-state index in [-0.39, 0.29) is 12.0 Å². The normalized spacial score (nSPS) is 12.2. The lowest BCUT2D eigenvalue weighted by molar-refractivity contribution is 0.0505. The van der Waals surface area contributed by atoms with Gasteiger partial charge in [-0.3, -0.25) is 0 Å². The Kier molecular flexibility index (Phi) is 4.41. The molecule has 0 aliphatic heterocycles. The van der Waals surface area contributed by atoms with Gasteiger partial charge in [0.15, 0.2) is 5.82 Å². The lowest BCUT2D eigenvalue weighted by atomic mass is 10.2. The number of rotatable bonds is 5. The summed E-state index contributed by atoms with van der Waals surface area (Å²) in [4.78, 5) is 11.7. The molecule has 0 aliphatic rings. The number of carbonyl (C=O) groups is 1. The van der Waals surface area contributed by atoms with E-state index in [0.29, 0.717) is 18.0 Å². The minimum absolute atomic E-state index is 0.279. The van der Waals surface area contributed by atoms with Crippen LogP contribution < -0.4 is 5.73 Å². The summed E-state index contributed by atoms with van der Waals surface area (Å²) in [5.74, 6) is 0.230. The van der Waals surface area contributed by atoms with E-state index in [1.165, 1.54) is 0 Å². The maximum absolute atomic E-state index is 11.7. The van der Waals surface area contributed by atoms with Gasteiger partial charge in [0, 0.05) is 0 Å². The van der Waals surface area contributed by atoms with Gasteiger partial charge in [-0.2, -0.15) is 4.68 Å². The van der Waals surface area contributed by atoms with E-state index < -0.39 is 0 Å². The van der Waals surface area contributed by atoms with Crippen molar-refractivity contribution in [3.63, 3.8) is 0 Å². The van der Waals surface area contributed by atoms with Gasteiger partial charge in [-0.25, -0.2) is 4.79 Å². The van der Waals surface area contributed by atoms with Gasteiger partial charge in [-0.1, -0.05) is 6.92 Å². The van der Waals surface area contributed by atoms with Gasteiger partial charge in [0.2, 0.25) is 0 Å². The summed E-state index contributed by atoms with van der Waals surface area (Å²) >= 11 is 0. The van der Waals surface area contributed by atoms with Crippen molar-refractivity contribution in [1.82, 2.24) is 20.2 Å². The van der Waals surface area contributed by atoms with Crippen LogP contribution in [-0.2, 0) is 4.74 Å². The van der Waals surface area contributed by atoms with E-state index in [1.54, 1.807) is 35.9 Å². The molecule has 0 bridgehead atoms.